The van der Waals surface area contributed by atoms with Crippen molar-refractivity contribution in [2.75, 3.05) is 6.61 Å². The molecule has 0 aliphatic rings. The van der Waals surface area contributed by atoms with Gasteiger partial charge in [-0.3, -0.25) is 4.79 Å². The van der Waals surface area contributed by atoms with Gasteiger partial charge in [0.15, 0.2) is 0 Å². The molecule has 0 radical (unpaired) electrons. The van der Waals surface area contributed by atoms with Gasteiger partial charge in [-0.1, -0.05) is 29.8 Å². The van der Waals surface area contributed by atoms with E-state index in [1.165, 1.54) is 0 Å². The number of nitrogens with one attached hydrogen (secondary N) is 1. The second-order valence-electron chi connectivity index (χ2n) is 6.19. The highest BCUT2D eigenvalue weighted by atomic mass is 16.5. The average molecular weight is 344 g/mol. The van der Waals surface area contributed by atoms with Gasteiger partial charge in [-0.25, -0.2) is 0 Å². The first kappa shape index (κ1) is 17.5. The van der Waals surface area contributed by atoms with E-state index in [2.05, 4.69) is 4.98 Å². The van der Waals surface area contributed by atoms with Crippen molar-refractivity contribution in [3.05, 3.63) is 75.6 Å². The minimum Gasteiger partial charge on any atom is -0.494 e. The molecule has 0 aliphatic heterocycles. The van der Waals surface area contributed by atoms with Crippen molar-refractivity contribution in [1.82, 2.24) is 4.98 Å². The lowest BCUT2D eigenvalue weighted by molar-refractivity contribution is 0.340. The summed E-state index contributed by atoms with van der Waals surface area (Å²) in [7, 11) is 0. The summed E-state index contributed by atoms with van der Waals surface area (Å²) in [5, 5.41) is 9.46. The molecule has 0 atom stereocenters. The van der Waals surface area contributed by atoms with E-state index in [1.807, 2.05) is 75.4 Å². The summed E-state index contributed by atoms with van der Waals surface area (Å²) in [5.41, 5.74) is 5.00. The molecule has 4 nitrogen and oxygen atoms in total. The largest absolute Gasteiger partial charge is 0.494 e. The van der Waals surface area contributed by atoms with Crippen LogP contribution in [0.2, 0.25) is 0 Å². The molecule has 2 aromatic carbocycles. The predicted molar refractivity (Wildman–Crippen MR) is 103 cm³/mol. The van der Waals surface area contributed by atoms with Crippen LogP contribution in [0, 0.1) is 25.2 Å². The molecule has 0 aliphatic carbocycles. The lowest BCUT2D eigenvalue weighted by Crippen LogP contribution is -2.13. The van der Waals surface area contributed by atoms with Gasteiger partial charge in [-0.05, 0) is 56.2 Å². The molecule has 0 bridgehead atoms. The van der Waals surface area contributed by atoms with E-state index in [0.717, 1.165) is 28.0 Å². The fourth-order valence-corrected chi connectivity index (χ4v) is 2.97. The van der Waals surface area contributed by atoms with Crippen LogP contribution < -0.4 is 10.3 Å². The van der Waals surface area contributed by atoms with Crippen LogP contribution in [0.15, 0.2) is 53.3 Å². The Morgan fingerprint density at radius 2 is 1.77 bits per heavy atom. The Bertz CT molecular complexity index is 1040. The van der Waals surface area contributed by atoms with Crippen LogP contribution in [0.5, 0.6) is 5.75 Å². The normalized spacial score (nSPS) is 10.4. The van der Waals surface area contributed by atoms with Gasteiger partial charge in [-0.15, -0.1) is 0 Å². The first-order valence-electron chi connectivity index (χ1n) is 8.51. The molecule has 0 spiro atoms. The first-order chi connectivity index (χ1) is 12.5. The van der Waals surface area contributed by atoms with E-state index < -0.39 is 0 Å². The lowest BCUT2D eigenvalue weighted by atomic mass is 9.96. The molecule has 0 fully saturated rings. The number of ether oxygens (including phenoxy) is 1. The number of rotatable bonds is 4. The number of nitriles is 1. The summed E-state index contributed by atoms with van der Waals surface area (Å²) in [5.74, 6) is 0.759. The standard InChI is InChI=1S/C22H20N2O2/c1-4-26-17-9-7-16(8-10-17)19-12-21(24-22(25)20(19)13-23)18-11-14(2)5-6-15(18)3/h5-12H,4H2,1-3H3,(H,24,25). The molecular formula is C22H20N2O2. The van der Waals surface area contributed by atoms with Crippen LogP contribution in [-0.4, -0.2) is 11.6 Å². The molecule has 1 heterocycles. The van der Waals surface area contributed by atoms with Gasteiger partial charge >= 0.3 is 0 Å². The smallest absolute Gasteiger partial charge is 0.266 e. The Kier molecular flexibility index (Phi) is 4.90. The number of hydrogen-bond donors (Lipinski definition) is 1. The Balaban J connectivity index is 2.18. The van der Waals surface area contributed by atoms with E-state index in [1.54, 1.807) is 0 Å². The zero-order valence-corrected chi connectivity index (χ0v) is 15.1. The third-order valence-corrected chi connectivity index (χ3v) is 4.30. The number of H-pyrrole nitrogens is 1. The van der Waals surface area contributed by atoms with Crippen molar-refractivity contribution in [2.24, 2.45) is 0 Å². The molecule has 0 saturated carbocycles. The summed E-state index contributed by atoms with van der Waals surface area (Å²) in [6.07, 6.45) is 0. The molecule has 1 N–H and O–H groups in total. The average Bonchev–Trinajstić information content (AvgIpc) is 2.64. The third kappa shape index (κ3) is 3.38. The summed E-state index contributed by atoms with van der Waals surface area (Å²) < 4.78 is 5.47. The molecule has 0 unspecified atom stereocenters. The molecule has 0 amide bonds. The molecule has 4 heteroatoms. The summed E-state index contributed by atoms with van der Waals surface area (Å²) in [6, 6.07) is 17.4. The summed E-state index contributed by atoms with van der Waals surface area (Å²) in [6.45, 7) is 6.53. The molecule has 3 rings (SSSR count). The Hall–Kier alpha value is -3.32. The second-order valence-corrected chi connectivity index (χ2v) is 6.19. The van der Waals surface area contributed by atoms with Gasteiger partial charge in [-0.2, -0.15) is 5.26 Å². The van der Waals surface area contributed by atoms with E-state index in [9.17, 15) is 10.1 Å². The van der Waals surface area contributed by atoms with Gasteiger partial charge in [0, 0.05) is 16.8 Å². The van der Waals surface area contributed by atoms with E-state index >= 15 is 0 Å². The van der Waals surface area contributed by atoms with Gasteiger partial charge in [0.05, 0.1) is 6.61 Å². The molecule has 0 saturated heterocycles. The van der Waals surface area contributed by atoms with Crippen molar-refractivity contribution in [3.63, 3.8) is 0 Å². The summed E-state index contributed by atoms with van der Waals surface area (Å²) >= 11 is 0. The van der Waals surface area contributed by atoms with E-state index in [-0.39, 0.29) is 11.1 Å². The van der Waals surface area contributed by atoms with Crippen molar-refractivity contribution in [1.29, 1.82) is 5.26 Å². The van der Waals surface area contributed by atoms with E-state index in [0.29, 0.717) is 17.9 Å². The van der Waals surface area contributed by atoms with Crippen molar-refractivity contribution < 1.29 is 4.74 Å². The maximum Gasteiger partial charge on any atom is 0.266 e. The highest BCUT2D eigenvalue weighted by molar-refractivity contribution is 5.76. The molecule has 1 aromatic heterocycles. The van der Waals surface area contributed by atoms with Crippen LogP contribution in [0.4, 0.5) is 0 Å². The number of aromatic amines is 1. The van der Waals surface area contributed by atoms with Crippen LogP contribution in [0.25, 0.3) is 22.4 Å². The lowest BCUT2D eigenvalue weighted by Gasteiger charge is -2.11. The van der Waals surface area contributed by atoms with E-state index in [4.69, 9.17) is 4.74 Å². The molecule has 3 aromatic rings. The molecule has 26 heavy (non-hydrogen) atoms. The zero-order chi connectivity index (χ0) is 18.7. The number of aryl methyl sites for hydroxylation is 2. The van der Waals surface area contributed by atoms with Gasteiger partial charge in [0.25, 0.3) is 5.56 Å². The number of benzene rings is 2. The molecular weight excluding hydrogens is 324 g/mol. The maximum atomic E-state index is 12.5. The Labute approximate surface area is 152 Å². The topological polar surface area (TPSA) is 65.9 Å². The first-order valence-corrected chi connectivity index (χ1v) is 8.51. The monoisotopic (exact) mass is 344 g/mol. The van der Waals surface area contributed by atoms with Gasteiger partial charge < -0.3 is 9.72 Å². The predicted octanol–water partition coefficient (Wildman–Crippen LogP) is 4.60. The second kappa shape index (κ2) is 7.28. The van der Waals surface area contributed by atoms with Gasteiger partial charge in [0.2, 0.25) is 0 Å². The number of pyridine rings is 1. The van der Waals surface area contributed by atoms with Crippen LogP contribution in [-0.2, 0) is 0 Å². The van der Waals surface area contributed by atoms with Crippen LogP contribution >= 0.6 is 0 Å². The Morgan fingerprint density at radius 1 is 1.04 bits per heavy atom. The zero-order valence-electron chi connectivity index (χ0n) is 15.1. The molecule has 130 valence electrons. The minimum absolute atomic E-state index is 0.114. The highest BCUT2D eigenvalue weighted by Gasteiger charge is 2.13. The SMILES string of the molecule is CCOc1ccc(-c2cc(-c3cc(C)ccc3C)[nH]c(=O)c2C#N)cc1. The van der Waals surface area contributed by atoms with Crippen molar-refractivity contribution in [3.8, 4) is 34.2 Å². The maximum absolute atomic E-state index is 12.5. The van der Waals surface area contributed by atoms with Crippen LogP contribution in [0.1, 0.15) is 23.6 Å². The summed E-state index contributed by atoms with van der Waals surface area (Å²) in [4.78, 5) is 15.4. The minimum atomic E-state index is -0.380. The third-order valence-electron chi connectivity index (χ3n) is 4.30. The number of aromatic nitrogens is 1. The quantitative estimate of drug-likeness (QED) is 0.752. The van der Waals surface area contributed by atoms with Crippen molar-refractivity contribution in [2.45, 2.75) is 20.8 Å². The fourth-order valence-electron chi connectivity index (χ4n) is 2.97. The number of nitrogens with zero attached hydrogens (tertiary/aromatic N) is 1. The van der Waals surface area contributed by atoms with Gasteiger partial charge in [0.1, 0.15) is 17.4 Å². The van der Waals surface area contributed by atoms with Crippen LogP contribution in [0.3, 0.4) is 0 Å². The van der Waals surface area contributed by atoms with Crippen molar-refractivity contribution >= 4 is 0 Å². The highest BCUT2D eigenvalue weighted by Crippen LogP contribution is 2.29. The Morgan fingerprint density at radius 3 is 2.42 bits per heavy atom. The number of hydrogen-bond acceptors (Lipinski definition) is 3. The fraction of sp³-hybridized carbons (Fsp3) is 0.182.